The Hall–Kier alpha value is -0.440. The van der Waals surface area contributed by atoms with Crippen LogP contribution in [0.15, 0.2) is 0 Å². The lowest BCUT2D eigenvalue weighted by Crippen LogP contribution is -1.89. The lowest BCUT2D eigenvalue weighted by Gasteiger charge is -1.68. The third kappa shape index (κ3) is 9360. The molecule has 0 aliphatic carbocycles. The van der Waals surface area contributed by atoms with E-state index in [9.17, 15) is 0 Å². The van der Waals surface area contributed by atoms with E-state index >= 15 is 0 Å². The first-order chi connectivity index (χ1) is 6.41. The van der Waals surface area contributed by atoms with Gasteiger partial charge in [-0.2, -0.15) is 25.3 Å². The minimum Gasteiger partial charge on any atom is -0.264 e. The summed E-state index contributed by atoms with van der Waals surface area (Å²) in [5.74, 6) is 0. The third-order valence-electron chi connectivity index (χ3n) is 0. The molecule has 10 nitrogen and oxygen atoms in total. The van der Waals surface area contributed by atoms with Crippen molar-refractivity contribution >= 4 is 32.4 Å². The molecular weight excluding hydrogens is 280 g/mol. The highest BCUT2D eigenvalue weighted by molar-refractivity contribution is 7.80. The van der Waals surface area contributed by atoms with E-state index in [4.69, 9.17) is 43.5 Å². The van der Waals surface area contributed by atoms with Crippen molar-refractivity contribution in [2.45, 2.75) is 13.8 Å². The molecule has 0 heterocycles. The molecule has 0 rings (SSSR count). The highest BCUT2D eigenvalue weighted by Crippen LogP contribution is 1.59. The highest BCUT2D eigenvalue weighted by atomic mass is 32.3. The second kappa shape index (κ2) is 13.6. The molecule has 0 unspecified atom stereocenters. The standard InChI is InChI=1S/C2H6.2H2O4S.O2S/c1-2;2*1-5(2,3)4;1-3-2/h1-2H3;2*(H2,1,2,3,4);. The maximum atomic E-state index is 8.74. The number of rotatable bonds is 0. The van der Waals surface area contributed by atoms with Gasteiger partial charge in [0.05, 0.1) is 0 Å². The minimum atomic E-state index is -4.67. The zero-order chi connectivity index (χ0) is 13.7. The van der Waals surface area contributed by atoms with Crippen molar-refractivity contribution in [3.8, 4) is 0 Å². The van der Waals surface area contributed by atoms with Crippen molar-refractivity contribution in [1.82, 2.24) is 0 Å². The molecule has 0 saturated carbocycles. The minimum absolute atomic E-state index is 0.750. The van der Waals surface area contributed by atoms with Gasteiger partial charge >= 0.3 is 32.4 Å². The summed E-state index contributed by atoms with van der Waals surface area (Å²) in [4.78, 5) is 0. The van der Waals surface area contributed by atoms with Gasteiger partial charge in [0.1, 0.15) is 0 Å². The first-order valence-corrected chi connectivity index (χ1v) is 6.19. The van der Waals surface area contributed by atoms with E-state index in [1.807, 2.05) is 13.8 Å². The van der Waals surface area contributed by atoms with E-state index in [-0.39, 0.29) is 0 Å². The smallest absolute Gasteiger partial charge is 0.264 e. The van der Waals surface area contributed by atoms with Gasteiger partial charge in [0, 0.05) is 0 Å². The Morgan fingerprint density at radius 1 is 0.733 bits per heavy atom. The van der Waals surface area contributed by atoms with Crippen LogP contribution in [0.25, 0.3) is 0 Å². The molecule has 0 fully saturated rings. The zero-order valence-corrected chi connectivity index (χ0v) is 9.91. The fraction of sp³-hybridized carbons (Fsp3) is 1.00. The summed E-state index contributed by atoms with van der Waals surface area (Å²) in [6.07, 6.45) is 0. The van der Waals surface area contributed by atoms with Crippen molar-refractivity contribution < 1.29 is 43.5 Å². The van der Waals surface area contributed by atoms with Crippen molar-refractivity contribution in [2.75, 3.05) is 0 Å². The van der Waals surface area contributed by atoms with Gasteiger partial charge in [-0.05, 0) is 0 Å². The summed E-state index contributed by atoms with van der Waals surface area (Å²) < 4.78 is 79.8. The van der Waals surface area contributed by atoms with Gasteiger partial charge in [-0.3, -0.25) is 18.2 Å². The van der Waals surface area contributed by atoms with E-state index in [2.05, 4.69) is 0 Å². The lowest BCUT2D eigenvalue weighted by atomic mass is 11.0. The molecule has 0 aliphatic rings. The van der Waals surface area contributed by atoms with Crippen LogP contribution in [0.2, 0.25) is 0 Å². The summed E-state index contributed by atoms with van der Waals surface area (Å²) in [7, 11) is -9.33. The van der Waals surface area contributed by atoms with Crippen LogP contribution in [-0.2, 0) is 32.4 Å². The Bertz CT molecular complexity index is 283. The van der Waals surface area contributed by atoms with Crippen LogP contribution in [0.5, 0.6) is 0 Å². The molecular formula is C2H10O10S3. The van der Waals surface area contributed by atoms with Crippen molar-refractivity contribution in [2.24, 2.45) is 0 Å². The molecule has 0 aliphatic heterocycles. The monoisotopic (exact) mass is 290 g/mol. The zero-order valence-electron chi connectivity index (χ0n) is 7.46. The van der Waals surface area contributed by atoms with E-state index < -0.39 is 32.4 Å². The van der Waals surface area contributed by atoms with Crippen molar-refractivity contribution in [3.63, 3.8) is 0 Å². The summed E-state index contributed by atoms with van der Waals surface area (Å²) in [5, 5.41) is 0. The van der Waals surface area contributed by atoms with Gasteiger partial charge < -0.3 is 0 Å². The molecule has 0 aromatic heterocycles. The SMILES string of the molecule is CC.O=S(=O)(O)O.O=S(=O)(O)O.O=S=O. The molecule has 96 valence electrons. The molecule has 0 bridgehead atoms. The predicted octanol–water partition coefficient (Wildman–Crippen LogP) is -0.950. The van der Waals surface area contributed by atoms with Crippen LogP contribution in [0, 0.1) is 0 Å². The first-order valence-electron chi connectivity index (χ1n) is 2.73. The van der Waals surface area contributed by atoms with Gasteiger partial charge in [-0.25, -0.2) is 0 Å². The fourth-order valence-corrected chi connectivity index (χ4v) is 0. The summed E-state index contributed by atoms with van der Waals surface area (Å²) in [6, 6.07) is 0. The third-order valence-corrected chi connectivity index (χ3v) is 0. The summed E-state index contributed by atoms with van der Waals surface area (Å²) in [5.41, 5.74) is 0. The van der Waals surface area contributed by atoms with Crippen LogP contribution in [0.1, 0.15) is 13.8 Å². The second-order valence-corrected chi connectivity index (χ2v) is 2.89. The molecule has 15 heavy (non-hydrogen) atoms. The molecule has 0 atom stereocenters. The Balaban J connectivity index is -0.0000000574. The Kier molecular flexibility index (Phi) is 21.7. The number of hydrogen-bond donors (Lipinski definition) is 4. The van der Waals surface area contributed by atoms with E-state index in [0.717, 1.165) is 0 Å². The van der Waals surface area contributed by atoms with Crippen LogP contribution < -0.4 is 0 Å². The number of hydrogen-bond acceptors (Lipinski definition) is 6. The summed E-state index contributed by atoms with van der Waals surface area (Å²) >= 11 is -0.750. The van der Waals surface area contributed by atoms with E-state index in [1.165, 1.54) is 0 Å². The summed E-state index contributed by atoms with van der Waals surface area (Å²) in [6.45, 7) is 4.00. The van der Waals surface area contributed by atoms with Crippen molar-refractivity contribution in [3.05, 3.63) is 0 Å². The normalized spacial score (nSPS) is 8.93. The molecule has 13 heteroatoms. The largest absolute Gasteiger partial charge is 0.394 e. The second-order valence-electron chi connectivity index (χ2n) is 0.964. The molecule has 0 spiro atoms. The Labute approximate surface area is 90.1 Å². The highest BCUT2D eigenvalue weighted by Gasteiger charge is 1.85. The van der Waals surface area contributed by atoms with Gasteiger partial charge in [0.15, 0.2) is 0 Å². The van der Waals surface area contributed by atoms with Gasteiger partial charge in [-0.1, -0.05) is 13.8 Å². The molecule has 0 radical (unpaired) electrons. The maximum Gasteiger partial charge on any atom is 0.394 e. The molecule has 0 aromatic carbocycles. The van der Waals surface area contributed by atoms with Crippen LogP contribution in [0.4, 0.5) is 0 Å². The van der Waals surface area contributed by atoms with Gasteiger partial charge in [0.2, 0.25) is 0 Å². The predicted molar refractivity (Wildman–Crippen MR) is 48.6 cm³/mol. The van der Waals surface area contributed by atoms with E-state index in [1.54, 1.807) is 0 Å². The van der Waals surface area contributed by atoms with Gasteiger partial charge in [-0.15, -0.1) is 0 Å². The van der Waals surface area contributed by atoms with Gasteiger partial charge in [0.25, 0.3) is 0 Å². The van der Waals surface area contributed by atoms with Crippen LogP contribution in [-0.4, -0.2) is 43.5 Å². The average molecular weight is 290 g/mol. The average Bonchev–Trinajstić information content (AvgIpc) is 1.84. The van der Waals surface area contributed by atoms with Crippen LogP contribution >= 0.6 is 0 Å². The fourth-order valence-electron chi connectivity index (χ4n) is 0. The first kappa shape index (κ1) is 24.0. The molecule has 0 aromatic rings. The maximum absolute atomic E-state index is 8.74. The molecule has 0 amide bonds. The molecule has 4 N–H and O–H groups in total. The molecule has 0 saturated heterocycles. The topological polar surface area (TPSA) is 183 Å². The lowest BCUT2D eigenvalue weighted by molar-refractivity contribution is 0.378. The quantitative estimate of drug-likeness (QED) is 0.405. The van der Waals surface area contributed by atoms with Crippen LogP contribution in [0.3, 0.4) is 0 Å². The Morgan fingerprint density at radius 2 is 0.733 bits per heavy atom. The Morgan fingerprint density at radius 3 is 0.733 bits per heavy atom. The van der Waals surface area contributed by atoms with E-state index in [0.29, 0.717) is 0 Å². The van der Waals surface area contributed by atoms with Crippen molar-refractivity contribution in [1.29, 1.82) is 0 Å².